The molecular formula is C30H40FN8O7P. The average Bonchev–Trinajstić information content (AvgIpc) is 3.71. The fraction of sp³-hybridized carbons (Fsp3) is 0.567. The number of urea groups is 1. The van der Waals surface area contributed by atoms with Gasteiger partial charge in [0.15, 0.2) is 5.82 Å². The summed E-state index contributed by atoms with van der Waals surface area (Å²) in [5.41, 5.74) is 0.361. The molecule has 3 aromatic rings. The number of anilines is 1. The second-order valence-electron chi connectivity index (χ2n) is 11.5. The fourth-order valence-electron chi connectivity index (χ4n) is 5.33. The standard InChI is InChI=1S/C30H40FN8O7P/c1-4-33-29(40)38-28-36-22-17-21(25(31)24(26(22)37-28)23-7-5-12-43-23)20-18-34-27(35-19-20)30(2,3)46-47(41,44-13-6-8-32)45-16-11-39-9-14-42-15-10-39/h17-19,23H,4-7,9-16H2,1-3H3,(H3,33,36,37,38,40)/t23-,47?/m1/s1. The lowest BCUT2D eigenvalue weighted by Gasteiger charge is -2.30. The number of nitrogens with one attached hydrogen (secondary N) is 3. The van der Waals surface area contributed by atoms with Crippen LogP contribution in [0.25, 0.3) is 22.2 Å². The van der Waals surface area contributed by atoms with E-state index < -0.39 is 31.4 Å². The highest BCUT2D eigenvalue weighted by Gasteiger charge is 2.38. The molecule has 0 spiro atoms. The van der Waals surface area contributed by atoms with Gasteiger partial charge in [-0.1, -0.05) is 0 Å². The number of aromatic amines is 1. The number of nitrogens with zero attached hydrogens (tertiary/aromatic N) is 5. The molecule has 1 aromatic carbocycles. The summed E-state index contributed by atoms with van der Waals surface area (Å²) in [5, 5.41) is 14.2. The number of aromatic nitrogens is 4. The van der Waals surface area contributed by atoms with Gasteiger partial charge in [-0.25, -0.2) is 28.7 Å². The number of imidazole rings is 1. The van der Waals surface area contributed by atoms with Crippen LogP contribution in [0.1, 0.15) is 57.5 Å². The van der Waals surface area contributed by atoms with Crippen molar-refractivity contribution >= 4 is 30.8 Å². The third-order valence-electron chi connectivity index (χ3n) is 7.63. The molecule has 5 rings (SSSR count). The first-order chi connectivity index (χ1) is 22.6. The first-order valence-electron chi connectivity index (χ1n) is 15.6. The number of hydrogen-bond acceptors (Lipinski definition) is 12. The van der Waals surface area contributed by atoms with Crippen LogP contribution in [0.5, 0.6) is 0 Å². The molecule has 254 valence electrons. The second kappa shape index (κ2) is 15.6. The van der Waals surface area contributed by atoms with Crippen LogP contribution < -0.4 is 10.6 Å². The summed E-state index contributed by atoms with van der Waals surface area (Å²) >= 11 is 0. The molecular weight excluding hydrogens is 634 g/mol. The van der Waals surface area contributed by atoms with Gasteiger partial charge in [0.2, 0.25) is 5.95 Å². The highest BCUT2D eigenvalue weighted by molar-refractivity contribution is 7.48. The lowest BCUT2D eigenvalue weighted by Crippen LogP contribution is -2.38. The lowest BCUT2D eigenvalue weighted by molar-refractivity contribution is 0.00969. The number of phosphoric acid groups is 1. The van der Waals surface area contributed by atoms with Gasteiger partial charge in [0.25, 0.3) is 0 Å². The molecule has 1 unspecified atom stereocenters. The number of carbonyl (C=O) groups is 1. The molecule has 2 fully saturated rings. The van der Waals surface area contributed by atoms with Crippen molar-refractivity contribution in [2.24, 2.45) is 0 Å². The molecule has 2 aliphatic heterocycles. The Kier molecular flexibility index (Phi) is 11.5. The zero-order chi connectivity index (χ0) is 33.4. The van der Waals surface area contributed by atoms with E-state index >= 15 is 4.39 Å². The Balaban J connectivity index is 1.38. The van der Waals surface area contributed by atoms with Crippen LogP contribution in [0, 0.1) is 17.1 Å². The Bertz CT molecular complexity index is 1620. The van der Waals surface area contributed by atoms with Crippen LogP contribution >= 0.6 is 7.82 Å². The van der Waals surface area contributed by atoms with E-state index in [1.54, 1.807) is 26.8 Å². The predicted octanol–water partition coefficient (Wildman–Crippen LogP) is 4.79. The maximum atomic E-state index is 16.3. The van der Waals surface area contributed by atoms with E-state index in [4.69, 9.17) is 28.3 Å². The van der Waals surface area contributed by atoms with Gasteiger partial charge in [-0.2, -0.15) is 5.26 Å². The van der Waals surface area contributed by atoms with Gasteiger partial charge in [-0.3, -0.25) is 23.8 Å². The molecule has 0 saturated carbocycles. The van der Waals surface area contributed by atoms with E-state index in [0.29, 0.717) is 55.9 Å². The van der Waals surface area contributed by atoms with Gasteiger partial charge in [0, 0.05) is 61.9 Å². The van der Waals surface area contributed by atoms with Crippen LogP contribution in [0.3, 0.4) is 0 Å². The molecule has 2 aromatic heterocycles. The average molecular weight is 675 g/mol. The van der Waals surface area contributed by atoms with Crippen LogP contribution in [0.15, 0.2) is 18.5 Å². The smallest absolute Gasteiger partial charge is 0.379 e. The van der Waals surface area contributed by atoms with Gasteiger partial charge < -0.3 is 19.8 Å². The lowest BCUT2D eigenvalue weighted by atomic mass is 9.98. The van der Waals surface area contributed by atoms with Crippen LogP contribution in [0.4, 0.5) is 15.1 Å². The Morgan fingerprint density at radius 3 is 2.66 bits per heavy atom. The van der Waals surface area contributed by atoms with Crippen molar-refractivity contribution in [1.82, 2.24) is 30.2 Å². The van der Waals surface area contributed by atoms with Gasteiger partial charge in [-0.15, -0.1) is 0 Å². The SMILES string of the molecule is CCNC(=O)Nc1nc2c([C@H]3CCCO3)c(F)c(-c3cnc(C(C)(C)OP(=O)(OCCC#N)OCCN4CCOCC4)nc3)cc2[nH]1. The van der Waals surface area contributed by atoms with Crippen molar-refractivity contribution in [2.45, 2.75) is 51.7 Å². The minimum Gasteiger partial charge on any atom is -0.379 e. The minimum absolute atomic E-state index is 0.00455. The number of amides is 2. The summed E-state index contributed by atoms with van der Waals surface area (Å²) in [6.07, 6.45) is 3.77. The summed E-state index contributed by atoms with van der Waals surface area (Å²) in [5.74, 6) is -0.213. The maximum Gasteiger partial charge on any atom is 0.475 e. The highest BCUT2D eigenvalue weighted by Crippen LogP contribution is 2.54. The van der Waals surface area contributed by atoms with Crippen LogP contribution in [-0.4, -0.2) is 90.1 Å². The second-order valence-corrected chi connectivity index (χ2v) is 13.1. The number of fused-ring (bicyclic) bond motifs is 1. The van der Waals surface area contributed by atoms with Crippen molar-refractivity contribution in [3.05, 3.63) is 35.7 Å². The number of benzene rings is 1. The van der Waals surface area contributed by atoms with Crippen molar-refractivity contribution in [3.8, 4) is 17.2 Å². The number of rotatable bonds is 14. The fourth-order valence-corrected chi connectivity index (χ4v) is 6.77. The van der Waals surface area contributed by atoms with E-state index in [2.05, 4.69) is 35.5 Å². The van der Waals surface area contributed by atoms with Crippen LogP contribution in [0.2, 0.25) is 0 Å². The predicted molar refractivity (Wildman–Crippen MR) is 169 cm³/mol. The molecule has 2 saturated heterocycles. The molecule has 4 heterocycles. The molecule has 0 bridgehead atoms. The molecule has 0 radical (unpaired) electrons. The van der Waals surface area contributed by atoms with Crippen molar-refractivity contribution < 1.29 is 36.8 Å². The molecule has 0 aliphatic carbocycles. The van der Waals surface area contributed by atoms with E-state index in [0.717, 1.165) is 19.5 Å². The van der Waals surface area contributed by atoms with E-state index in [9.17, 15) is 9.36 Å². The van der Waals surface area contributed by atoms with E-state index in [1.165, 1.54) is 12.4 Å². The van der Waals surface area contributed by atoms with Gasteiger partial charge in [-0.05, 0) is 39.7 Å². The number of carbonyl (C=O) groups excluding carboxylic acids is 1. The Labute approximate surface area is 272 Å². The highest BCUT2D eigenvalue weighted by atomic mass is 31.2. The van der Waals surface area contributed by atoms with Gasteiger partial charge in [0.05, 0.1) is 56.1 Å². The summed E-state index contributed by atoms with van der Waals surface area (Å²) in [4.78, 5) is 30.6. The molecule has 2 atom stereocenters. The maximum absolute atomic E-state index is 16.3. The summed E-state index contributed by atoms with van der Waals surface area (Å²) < 4.78 is 58.2. The summed E-state index contributed by atoms with van der Waals surface area (Å²) in [7, 11) is -4.15. The third-order valence-corrected chi connectivity index (χ3v) is 9.31. The first-order valence-corrected chi connectivity index (χ1v) is 17.1. The minimum atomic E-state index is -4.15. The first kappa shape index (κ1) is 34.8. The molecule has 47 heavy (non-hydrogen) atoms. The molecule has 2 amide bonds. The quantitative estimate of drug-likeness (QED) is 0.157. The number of phosphoric ester groups is 1. The summed E-state index contributed by atoms with van der Waals surface area (Å²) in [6, 6.07) is 3.09. The van der Waals surface area contributed by atoms with Crippen molar-refractivity contribution in [1.29, 1.82) is 5.26 Å². The normalized spacial score (nSPS) is 18.6. The molecule has 17 heteroatoms. The van der Waals surface area contributed by atoms with Crippen molar-refractivity contribution in [2.75, 3.05) is 64.5 Å². The number of ether oxygens (including phenoxy) is 2. The zero-order valence-electron chi connectivity index (χ0n) is 26.7. The molecule has 3 N–H and O–H groups in total. The van der Waals surface area contributed by atoms with Gasteiger partial charge in [0.1, 0.15) is 11.4 Å². The Morgan fingerprint density at radius 2 is 1.98 bits per heavy atom. The molecule has 2 aliphatic rings. The topological polar surface area (TPSA) is 186 Å². The molecule has 15 nitrogen and oxygen atoms in total. The summed E-state index contributed by atoms with van der Waals surface area (Å²) in [6.45, 7) is 9.04. The largest absolute Gasteiger partial charge is 0.475 e. The van der Waals surface area contributed by atoms with Crippen molar-refractivity contribution in [3.63, 3.8) is 0 Å². The Hall–Kier alpha value is -3.55. The van der Waals surface area contributed by atoms with Crippen LogP contribution in [-0.2, 0) is 33.2 Å². The zero-order valence-corrected chi connectivity index (χ0v) is 27.6. The number of H-pyrrole nitrogens is 1. The van der Waals surface area contributed by atoms with E-state index in [1.807, 2.05) is 6.07 Å². The third kappa shape index (κ3) is 8.68. The number of hydrogen-bond donors (Lipinski definition) is 3. The number of nitriles is 1. The Morgan fingerprint density at radius 1 is 1.23 bits per heavy atom. The number of halogens is 1. The van der Waals surface area contributed by atoms with E-state index in [-0.39, 0.29) is 42.5 Å². The number of morpholine rings is 1. The monoisotopic (exact) mass is 674 g/mol. The van der Waals surface area contributed by atoms with Gasteiger partial charge >= 0.3 is 13.9 Å².